The van der Waals surface area contributed by atoms with Crippen LogP contribution < -0.4 is 10.5 Å². The molecule has 0 amide bonds. The van der Waals surface area contributed by atoms with E-state index in [2.05, 4.69) is 4.98 Å². The van der Waals surface area contributed by atoms with Crippen molar-refractivity contribution in [1.82, 2.24) is 4.98 Å². The largest absolute Gasteiger partial charge is 0.492 e. The van der Waals surface area contributed by atoms with E-state index in [9.17, 15) is 0 Å². The first kappa shape index (κ1) is 8.47. The van der Waals surface area contributed by atoms with Crippen LogP contribution in [0.4, 0.5) is 0 Å². The van der Waals surface area contributed by atoms with Crippen molar-refractivity contribution in [2.24, 2.45) is 5.73 Å². The van der Waals surface area contributed by atoms with Crippen LogP contribution in [0.5, 0.6) is 5.75 Å². The van der Waals surface area contributed by atoms with Gasteiger partial charge in [-0.3, -0.25) is 0 Å². The number of benzene rings is 1. The number of thiazole rings is 1. The molecule has 1 aromatic carbocycles. The second kappa shape index (κ2) is 3.72. The highest BCUT2D eigenvalue weighted by Crippen LogP contribution is 2.22. The molecule has 13 heavy (non-hydrogen) atoms. The summed E-state index contributed by atoms with van der Waals surface area (Å²) < 4.78 is 6.55. The Hall–Kier alpha value is -1.13. The Morgan fingerprint density at radius 3 is 3.23 bits per heavy atom. The number of ether oxygens (including phenoxy) is 1. The van der Waals surface area contributed by atoms with Gasteiger partial charge in [-0.05, 0) is 12.1 Å². The average molecular weight is 194 g/mol. The van der Waals surface area contributed by atoms with Crippen molar-refractivity contribution in [3.63, 3.8) is 0 Å². The molecule has 0 aliphatic rings. The lowest BCUT2D eigenvalue weighted by atomic mass is 10.3. The van der Waals surface area contributed by atoms with Gasteiger partial charge in [0, 0.05) is 12.6 Å². The lowest BCUT2D eigenvalue weighted by Gasteiger charge is -2.02. The molecule has 1 aromatic heterocycles. The minimum absolute atomic E-state index is 0.537. The molecule has 4 heteroatoms. The molecular formula is C9H10N2OS. The van der Waals surface area contributed by atoms with Gasteiger partial charge >= 0.3 is 0 Å². The number of hydrogen-bond donors (Lipinski definition) is 1. The van der Waals surface area contributed by atoms with Gasteiger partial charge in [-0.15, -0.1) is 11.3 Å². The zero-order chi connectivity index (χ0) is 9.10. The molecule has 0 radical (unpaired) electrons. The summed E-state index contributed by atoms with van der Waals surface area (Å²) >= 11 is 1.63. The zero-order valence-corrected chi connectivity index (χ0v) is 7.88. The van der Waals surface area contributed by atoms with Gasteiger partial charge in [0.05, 0.1) is 15.7 Å². The van der Waals surface area contributed by atoms with Crippen molar-refractivity contribution in [3.8, 4) is 5.75 Å². The Kier molecular flexibility index (Phi) is 2.42. The Bertz CT molecular complexity index is 399. The van der Waals surface area contributed by atoms with E-state index in [4.69, 9.17) is 10.5 Å². The molecule has 0 saturated carbocycles. The van der Waals surface area contributed by atoms with E-state index in [0.29, 0.717) is 13.2 Å². The Labute approximate surface area is 80.2 Å². The monoisotopic (exact) mass is 194 g/mol. The van der Waals surface area contributed by atoms with Crippen LogP contribution in [0.1, 0.15) is 0 Å². The Morgan fingerprint density at radius 1 is 1.46 bits per heavy atom. The summed E-state index contributed by atoms with van der Waals surface area (Å²) in [5, 5.41) is 0. The van der Waals surface area contributed by atoms with Crippen molar-refractivity contribution >= 4 is 21.6 Å². The number of aromatic nitrogens is 1. The highest BCUT2D eigenvalue weighted by atomic mass is 32.1. The van der Waals surface area contributed by atoms with Crippen molar-refractivity contribution in [1.29, 1.82) is 0 Å². The minimum atomic E-state index is 0.537. The highest BCUT2D eigenvalue weighted by Gasteiger charge is 1.98. The third kappa shape index (κ3) is 1.79. The minimum Gasteiger partial charge on any atom is -0.492 e. The van der Waals surface area contributed by atoms with Crippen molar-refractivity contribution in [2.75, 3.05) is 13.2 Å². The normalized spacial score (nSPS) is 10.5. The highest BCUT2D eigenvalue weighted by molar-refractivity contribution is 7.16. The van der Waals surface area contributed by atoms with E-state index in [1.165, 1.54) is 4.70 Å². The van der Waals surface area contributed by atoms with Crippen molar-refractivity contribution < 1.29 is 4.74 Å². The molecule has 0 spiro atoms. The molecule has 0 fully saturated rings. The lowest BCUT2D eigenvalue weighted by molar-refractivity contribution is 0.329. The van der Waals surface area contributed by atoms with Crippen LogP contribution in [-0.2, 0) is 0 Å². The van der Waals surface area contributed by atoms with Crippen molar-refractivity contribution in [2.45, 2.75) is 0 Å². The van der Waals surface area contributed by atoms with E-state index in [1.807, 2.05) is 23.7 Å². The second-order valence-corrected chi connectivity index (χ2v) is 3.51. The number of nitrogens with two attached hydrogens (primary N) is 1. The SMILES string of the molecule is NCCOc1ccc2scnc2c1. The number of nitrogens with zero attached hydrogens (tertiary/aromatic N) is 1. The summed E-state index contributed by atoms with van der Waals surface area (Å²) in [6.45, 7) is 1.09. The molecule has 0 bridgehead atoms. The van der Waals surface area contributed by atoms with Gasteiger partial charge in [-0.1, -0.05) is 0 Å². The molecule has 1 heterocycles. The van der Waals surface area contributed by atoms with Gasteiger partial charge in [-0.25, -0.2) is 4.98 Å². The summed E-state index contributed by atoms with van der Waals surface area (Å²) in [7, 11) is 0. The molecule has 0 unspecified atom stereocenters. The number of rotatable bonds is 3. The number of hydrogen-bond acceptors (Lipinski definition) is 4. The molecule has 2 rings (SSSR count). The van der Waals surface area contributed by atoms with E-state index in [1.54, 1.807) is 11.3 Å². The fraction of sp³-hybridized carbons (Fsp3) is 0.222. The third-order valence-electron chi connectivity index (χ3n) is 1.69. The van der Waals surface area contributed by atoms with Gasteiger partial charge in [0.2, 0.25) is 0 Å². The summed E-state index contributed by atoms with van der Waals surface area (Å²) in [4.78, 5) is 4.19. The first-order valence-corrected chi connectivity index (χ1v) is 4.94. The van der Waals surface area contributed by atoms with Crippen LogP contribution in [0.15, 0.2) is 23.7 Å². The molecule has 0 saturated heterocycles. The summed E-state index contributed by atoms with van der Waals surface area (Å²) in [6, 6.07) is 5.89. The first-order valence-electron chi connectivity index (χ1n) is 4.06. The molecular weight excluding hydrogens is 184 g/mol. The first-order chi connectivity index (χ1) is 6.40. The van der Waals surface area contributed by atoms with Gasteiger partial charge in [0.1, 0.15) is 12.4 Å². The summed E-state index contributed by atoms with van der Waals surface area (Å²) in [5.74, 6) is 0.837. The third-order valence-corrected chi connectivity index (χ3v) is 2.50. The fourth-order valence-corrected chi connectivity index (χ4v) is 1.76. The van der Waals surface area contributed by atoms with Gasteiger partial charge in [-0.2, -0.15) is 0 Å². The van der Waals surface area contributed by atoms with Crippen LogP contribution >= 0.6 is 11.3 Å². The van der Waals surface area contributed by atoms with Crippen LogP contribution in [0.25, 0.3) is 10.2 Å². The van der Waals surface area contributed by atoms with E-state index in [-0.39, 0.29) is 0 Å². The molecule has 2 N–H and O–H groups in total. The summed E-state index contributed by atoms with van der Waals surface area (Å²) in [5.41, 5.74) is 8.15. The quantitative estimate of drug-likeness (QED) is 0.808. The predicted octanol–water partition coefficient (Wildman–Crippen LogP) is 1.63. The topological polar surface area (TPSA) is 48.1 Å². The average Bonchev–Trinajstić information content (AvgIpc) is 2.61. The maximum Gasteiger partial charge on any atom is 0.121 e. The van der Waals surface area contributed by atoms with Crippen LogP contribution in [0.2, 0.25) is 0 Å². The van der Waals surface area contributed by atoms with E-state index in [0.717, 1.165) is 11.3 Å². The van der Waals surface area contributed by atoms with Gasteiger partial charge in [0.25, 0.3) is 0 Å². The maximum absolute atomic E-state index is 5.37. The smallest absolute Gasteiger partial charge is 0.121 e. The summed E-state index contributed by atoms with van der Waals surface area (Å²) in [6.07, 6.45) is 0. The van der Waals surface area contributed by atoms with Crippen LogP contribution in [-0.4, -0.2) is 18.1 Å². The molecule has 2 aromatic rings. The number of fused-ring (bicyclic) bond motifs is 1. The van der Waals surface area contributed by atoms with E-state index < -0.39 is 0 Å². The fourth-order valence-electron chi connectivity index (χ4n) is 1.10. The molecule has 0 atom stereocenters. The Balaban J connectivity index is 2.26. The molecule has 3 nitrogen and oxygen atoms in total. The van der Waals surface area contributed by atoms with Crippen molar-refractivity contribution in [3.05, 3.63) is 23.7 Å². The Morgan fingerprint density at radius 2 is 2.38 bits per heavy atom. The van der Waals surface area contributed by atoms with Gasteiger partial charge < -0.3 is 10.5 Å². The van der Waals surface area contributed by atoms with Crippen LogP contribution in [0, 0.1) is 0 Å². The maximum atomic E-state index is 5.37. The molecule has 0 aliphatic carbocycles. The van der Waals surface area contributed by atoms with E-state index >= 15 is 0 Å². The predicted molar refractivity (Wildman–Crippen MR) is 54.2 cm³/mol. The lowest BCUT2D eigenvalue weighted by Crippen LogP contribution is -2.10. The van der Waals surface area contributed by atoms with Gasteiger partial charge in [0.15, 0.2) is 0 Å². The molecule has 68 valence electrons. The van der Waals surface area contributed by atoms with Crippen LogP contribution in [0.3, 0.4) is 0 Å². The molecule has 0 aliphatic heterocycles. The second-order valence-electron chi connectivity index (χ2n) is 2.62. The standard InChI is InChI=1S/C9H10N2OS/c10-3-4-12-7-1-2-9-8(5-7)11-6-13-9/h1-2,5-6H,3-4,10H2. The zero-order valence-electron chi connectivity index (χ0n) is 7.06.